The SMILES string of the molecule is O=C(CNC(=O)NCc1cccc(OCC(F)F)c1)Nc1ccc(F)c(F)c1F. The zero-order chi connectivity index (χ0) is 21.4. The van der Waals surface area contributed by atoms with Crippen LogP contribution in [0.2, 0.25) is 0 Å². The summed E-state index contributed by atoms with van der Waals surface area (Å²) in [4.78, 5) is 23.4. The molecule has 3 amide bonds. The van der Waals surface area contributed by atoms with Crippen molar-refractivity contribution in [1.29, 1.82) is 0 Å². The van der Waals surface area contributed by atoms with Crippen LogP contribution in [-0.2, 0) is 11.3 Å². The van der Waals surface area contributed by atoms with Crippen LogP contribution in [0.15, 0.2) is 36.4 Å². The van der Waals surface area contributed by atoms with Gasteiger partial charge >= 0.3 is 6.03 Å². The number of ether oxygens (including phenoxy) is 1. The van der Waals surface area contributed by atoms with Gasteiger partial charge in [-0.05, 0) is 29.8 Å². The number of halogens is 5. The van der Waals surface area contributed by atoms with E-state index in [4.69, 9.17) is 4.74 Å². The van der Waals surface area contributed by atoms with E-state index in [1.54, 1.807) is 12.1 Å². The number of anilines is 1. The average molecular weight is 417 g/mol. The van der Waals surface area contributed by atoms with Gasteiger partial charge in [0.1, 0.15) is 12.4 Å². The molecule has 0 atom stereocenters. The maximum atomic E-state index is 13.5. The molecule has 2 rings (SSSR count). The first-order chi connectivity index (χ1) is 13.8. The van der Waals surface area contributed by atoms with Crippen molar-refractivity contribution in [2.45, 2.75) is 13.0 Å². The Balaban J connectivity index is 1.78. The predicted octanol–water partition coefficient (Wildman–Crippen LogP) is 3.19. The van der Waals surface area contributed by atoms with E-state index in [0.29, 0.717) is 11.6 Å². The van der Waals surface area contributed by atoms with E-state index in [1.807, 2.05) is 5.32 Å². The molecule has 29 heavy (non-hydrogen) atoms. The summed E-state index contributed by atoms with van der Waals surface area (Å²) in [5, 5.41) is 6.61. The Kier molecular flexibility index (Phi) is 7.75. The molecule has 2 aromatic rings. The summed E-state index contributed by atoms with van der Waals surface area (Å²) in [7, 11) is 0. The van der Waals surface area contributed by atoms with Crippen molar-refractivity contribution in [2.75, 3.05) is 18.5 Å². The van der Waals surface area contributed by atoms with Crippen LogP contribution in [0.3, 0.4) is 0 Å². The number of urea groups is 1. The number of rotatable bonds is 8. The molecule has 0 spiro atoms. The first kappa shape index (κ1) is 21.9. The van der Waals surface area contributed by atoms with Crippen molar-refractivity contribution in [3.63, 3.8) is 0 Å². The molecule has 0 fully saturated rings. The molecule has 0 bridgehead atoms. The maximum absolute atomic E-state index is 13.5. The van der Waals surface area contributed by atoms with Crippen LogP contribution >= 0.6 is 0 Å². The van der Waals surface area contributed by atoms with E-state index >= 15 is 0 Å². The lowest BCUT2D eigenvalue weighted by Gasteiger charge is -2.10. The van der Waals surface area contributed by atoms with Crippen molar-refractivity contribution < 1.29 is 36.3 Å². The first-order valence-corrected chi connectivity index (χ1v) is 8.21. The number of hydrogen-bond donors (Lipinski definition) is 3. The third kappa shape index (κ3) is 6.94. The smallest absolute Gasteiger partial charge is 0.315 e. The van der Waals surface area contributed by atoms with Crippen LogP contribution in [0.4, 0.5) is 32.4 Å². The zero-order valence-corrected chi connectivity index (χ0v) is 14.8. The number of carbonyl (C=O) groups is 2. The number of benzene rings is 2. The minimum atomic E-state index is -2.62. The molecule has 2 aromatic carbocycles. The Labute approximate surface area is 162 Å². The maximum Gasteiger partial charge on any atom is 0.315 e. The molecule has 156 valence electrons. The standard InChI is InChI=1S/C18H16F5N3O3/c19-12-4-5-13(17(23)16(12)22)26-15(27)8-25-18(28)24-7-10-2-1-3-11(6-10)29-9-14(20)21/h1-6,14H,7-9H2,(H,26,27)(H2,24,25,28). The van der Waals surface area contributed by atoms with Gasteiger partial charge < -0.3 is 20.7 Å². The molecule has 3 N–H and O–H groups in total. The van der Waals surface area contributed by atoms with E-state index in [1.165, 1.54) is 12.1 Å². The lowest BCUT2D eigenvalue weighted by molar-refractivity contribution is -0.115. The fourth-order valence-electron chi connectivity index (χ4n) is 2.13. The second kappa shape index (κ2) is 10.2. The molecule has 0 heterocycles. The molecule has 0 unspecified atom stereocenters. The topological polar surface area (TPSA) is 79.5 Å². The van der Waals surface area contributed by atoms with Crippen LogP contribution in [0, 0.1) is 17.5 Å². The number of carbonyl (C=O) groups excluding carboxylic acids is 2. The summed E-state index contributed by atoms with van der Waals surface area (Å²) < 4.78 is 68.6. The minimum Gasteiger partial charge on any atom is -0.488 e. The normalized spacial score (nSPS) is 10.6. The summed E-state index contributed by atoms with van der Waals surface area (Å²) >= 11 is 0. The van der Waals surface area contributed by atoms with Crippen molar-refractivity contribution in [3.8, 4) is 5.75 Å². The molecule has 0 saturated carbocycles. The molecule has 0 aliphatic carbocycles. The van der Waals surface area contributed by atoms with Crippen LogP contribution in [-0.4, -0.2) is 31.5 Å². The Morgan fingerprint density at radius 1 is 1.00 bits per heavy atom. The lowest BCUT2D eigenvalue weighted by Crippen LogP contribution is -2.39. The molecular formula is C18H16F5N3O3. The Hall–Kier alpha value is -3.37. The third-order valence-electron chi connectivity index (χ3n) is 3.45. The second-order valence-corrected chi connectivity index (χ2v) is 5.66. The van der Waals surface area contributed by atoms with Gasteiger partial charge in [-0.15, -0.1) is 0 Å². The van der Waals surface area contributed by atoms with Gasteiger partial charge in [-0.25, -0.2) is 26.7 Å². The van der Waals surface area contributed by atoms with E-state index in [0.717, 1.165) is 6.07 Å². The zero-order valence-electron chi connectivity index (χ0n) is 14.8. The van der Waals surface area contributed by atoms with Crippen LogP contribution < -0.4 is 20.7 Å². The predicted molar refractivity (Wildman–Crippen MR) is 93.1 cm³/mol. The second-order valence-electron chi connectivity index (χ2n) is 5.66. The molecule has 0 radical (unpaired) electrons. The number of amides is 3. The molecule has 11 heteroatoms. The van der Waals surface area contributed by atoms with Gasteiger partial charge in [-0.1, -0.05) is 12.1 Å². The van der Waals surface area contributed by atoms with Crippen LogP contribution in [0.5, 0.6) is 5.75 Å². The van der Waals surface area contributed by atoms with Crippen molar-refractivity contribution in [2.24, 2.45) is 0 Å². The van der Waals surface area contributed by atoms with Gasteiger partial charge in [0.2, 0.25) is 5.91 Å². The highest BCUT2D eigenvalue weighted by Crippen LogP contribution is 2.19. The van der Waals surface area contributed by atoms with Gasteiger partial charge in [0.15, 0.2) is 17.5 Å². The lowest BCUT2D eigenvalue weighted by atomic mass is 10.2. The largest absolute Gasteiger partial charge is 0.488 e. The third-order valence-corrected chi connectivity index (χ3v) is 3.45. The molecule has 0 aromatic heterocycles. The van der Waals surface area contributed by atoms with Gasteiger partial charge in [-0.3, -0.25) is 4.79 Å². The summed E-state index contributed by atoms with van der Waals surface area (Å²) in [6.07, 6.45) is -2.62. The Bertz CT molecular complexity index is 880. The molecule has 0 saturated heterocycles. The highest BCUT2D eigenvalue weighted by Gasteiger charge is 2.15. The van der Waals surface area contributed by atoms with Crippen molar-refractivity contribution in [1.82, 2.24) is 10.6 Å². The molecule has 0 aliphatic heterocycles. The Morgan fingerprint density at radius 2 is 1.76 bits per heavy atom. The van der Waals surface area contributed by atoms with Crippen LogP contribution in [0.1, 0.15) is 5.56 Å². The number of hydrogen-bond acceptors (Lipinski definition) is 3. The summed E-state index contributed by atoms with van der Waals surface area (Å²) in [5.41, 5.74) is -0.0167. The highest BCUT2D eigenvalue weighted by molar-refractivity contribution is 5.94. The monoisotopic (exact) mass is 417 g/mol. The molecule has 0 aliphatic rings. The number of nitrogens with one attached hydrogen (secondary N) is 3. The average Bonchev–Trinajstić information content (AvgIpc) is 2.70. The van der Waals surface area contributed by atoms with Crippen molar-refractivity contribution >= 4 is 17.6 Å². The van der Waals surface area contributed by atoms with Gasteiger partial charge in [0.05, 0.1) is 12.2 Å². The van der Waals surface area contributed by atoms with Crippen molar-refractivity contribution in [3.05, 3.63) is 59.4 Å². The van der Waals surface area contributed by atoms with Gasteiger partial charge in [-0.2, -0.15) is 0 Å². The summed E-state index contributed by atoms with van der Waals surface area (Å²) in [5.74, 6) is -5.35. The highest BCUT2D eigenvalue weighted by atomic mass is 19.3. The van der Waals surface area contributed by atoms with E-state index in [9.17, 15) is 31.5 Å². The van der Waals surface area contributed by atoms with Gasteiger partial charge in [0, 0.05) is 6.54 Å². The fraction of sp³-hybridized carbons (Fsp3) is 0.222. The Morgan fingerprint density at radius 3 is 2.48 bits per heavy atom. The van der Waals surface area contributed by atoms with Crippen LogP contribution in [0.25, 0.3) is 0 Å². The first-order valence-electron chi connectivity index (χ1n) is 8.21. The molecule has 6 nitrogen and oxygen atoms in total. The summed E-state index contributed by atoms with van der Waals surface area (Å²) in [6, 6.07) is 6.86. The van der Waals surface area contributed by atoms with E-state index in [-0.39, 0.29) is 12.3 Å². The minimum absolute atomic E-state index is 0.0110. The van der Waals surface area contributed by atoms with Gasteiger partial charge in [0.25, 0.3) is 6.43 Å². The summed E-state index contributed by atoms with van der Waals surface area (Å²) in [6.45, 7) is -1.32. The molecular weight excluding hydrogens is 401 g/mol. The quantitative estimate of drug-likeness (QED) is 0.456. The number of alkyl halides is 2. The van der Waals surface area contributed by atoms with E-state index in [2.05, 4.69) is 10.6 Å². The van der Waals surface area contributed by atoms with E-state index < -0.39 is 54.7 Å². The fourth-order valence-corrected chi connectivity index (χ4v) is 2.13.